The standard InChI is InChI=1S/C11H7FN2S/c12-8-3-1-7(2-4-8)10-6-15-11(14)9(10)5-13/h1-4,6H,14H2. The second kappa shape index (κ2) is 3.71. The van der Waals surface area contributed by atoms with Crippen LogP contribution in [0.25, 0.3) is 11.1 Å². The molecule has 1 heterocycles. The van der Waals surface area contributed by atoms with Crippen molar-refractivity contribution in [2.45, 2.75) is 0 Å². The van der Waals surface area contributed by atoms with Crippen molar-refractivity contribution in [1.82, 2.24) is 0 Å². The molecule has 0 amide bonds. The van der Waals surface area contributed by atoms with Crippen LogP contribution < -0.4 is 5.73 Å². The van der Waals surface area contributed by atoms with Crippen molar-refractivity contribution < 1.29 is 4.39 Å². The number of nitrogen functional groups attached to an aromatic ring is 1. The third kappa shape index (κ3) is 1.69. The van der Waals surface area contributed by atoms with E-state index in [4.69, 9.17) is 11.0 Å². The number of hydrogen-bond donors (Lipinski definition) is 1. The Morgan fingerprint density at radius 2 is 1.93 bits per heavy atom. The van der Waals surface area contributed by atoms with Crippen molar-refractivity contribution in [3.8, 4) is 17.2 Å². The van der Waals surface area contributed by atoms with E-state index in [1.54, 1.807) is 17.5 Å². The molecule has 4 heteroatoms. The maximum atomic E-state index is 12.7. The van der Waals surface area contributed by atoms with Crippen molar-refractivity contribution in [1.29, 1.82) is 5.26 Å². The highest BCUT2D eigenvalue weighted by Crippen LogP contribution is 2.32. The lowest BCUT2D eigenvalue weighted by atomic mass is 10.1. The fourth-order valence-corrected chi connectivity index (χ4v) is 2.10. The summed E-state index contributed by atoms with van der Waals surface area (Å²) in [5.74, 6) is -0.291. The molecule has 0 aliphatic rings. The maximum absolute atomic E-state index is 12.7. The highest BCUT2D eigenvalue weighted by atomic mass is 32.1. The van der Waals surface area contributed by atoms with Gasteiger partial charge in [0.1, 0.15) is 16.9 Å². The van der Waals surface area contributed by atoms with Crippen molar-refractivity contribution in [3.05, 3.63) is 41.0 Å². The molecule has 0 aliphatic heterocycles. The number of nitrogens with zero attached hydrogens (tertiary/aromatic N) is 1. The number of anilines is 1. The summed E-state index contributed by atoms with van der Waals surface area (Å²) in [7, 11) is 0. The molecule has 0 saturated heterocycles. The monoisotopic (exact) mass is 218 g/mol. The molecule has 2 N–H and O–H groups in total. The van der Waals surface area contributed by atoms with Crippen LogP contribution in [0.3, 0.4) is 0 Å². The molecule has 0 spiro atoms. The molecule has 1 aromatic carbocycles. The van der Waals surface area contributed by atoms with Gasteiger partial charge in [-0.15, -0.1) is 11.3 Å². The Kier molecular flexibility index (Phi) is 2.40. The Hall–Kier alpha value is -1.86. The van der Waals surface area contributed by atoms with Crippen LogP contribution in [0.2, 0.25) is 0 Å². The quantitative estimate of drug-likeness (QED) is 0.799. The van der Waals surface area contributed by atoms with E-state index in [1.807, 2.05) is 6.07 Å². The molecule has 0 saturated carbocycles. The summed E-state index contributed by atoms with van der Waals surface area (Å²) < 4.78 is 12.7. The molecule has 0 bridgehead atoms. The molecular formula is C11H7FN2S. The van der Waals surface area contributed by atoms with E-state index in [2.05, 4.69) is 0 Å². The first-order chi connectivity index (χ1) is 7.22. The van der Waals surface area contributed by atoms with Crippen LogP contribution in [0, 0.1) is 17.1 Å². The highest BCUT2D eigenvalue weighted by molar-refractivity contribution is 7.14. The van der Waals surface area contributed by atoms with Crippen LogP contribution >= 0.6 is 11.3 Å². The summed E-state index contributed by atoms with van der Waals surface area (Å²) in [5, 5.41) is 11.2. The average Bonchev–Trinajstić information content (AvgIpc) is 2.61. The topological polar surface area (TPSA) is 49.8 Å². The second-order valence-corrected chi connectivity index (χ2v) is 3.92. The fourth-order valence-electron chi connectivity index (χ4n) is 1.33. The Bertz CT molecular complexity index is 523. The van der Waals surface area contributed by atoms with Gasteiger partial charge in [0.25, 0.3) is 0 Å². The van der Waals surface area contributed by atoms with Crippen LogP contribution in [0.5, 0.6) is 0 Å². The van der Waals surface area contributed by atoms with Gasteiger partial charge in [0.15, 0.2) is 0 Å². The van der Waals surface area contributed by atoms with E-state index in [0.717, 1.165) is 11.1 Å². The van der Waals surface area contributed by atoms with E-state index in [1.165, 1.54) is 23.5 Å². The van der Waals surface area contributed by atoms with Crippen molar-refractivity contribution >= 4 is 16.3 Å². The number of hydrogen-bond acceptors (Lipinski definition) is 3. The van der Waals surface area contributed by atoms with Crippen molar-refractivity contribution in [3.63, 3.8) is 0 Å². The molecular weight excluding hydrogens is 211 g/mol. The molecule has 0 unspecified atom stereocenters. The first-order valence-corrected chi connectivity index (χ1v) is 5.13. The van der Waals surface area contributed by atoms with Gasteiger partial charge in [0.05, 0.1) is 5.56 Å². The Morgan fingerprint density at radius 3 is 2.53 bits per heavy atom. The van der Waals surface area contributed by atoms with Crippen LogP contribution in [0.15, 0.2) is 29.6 Å². The molecule has 2 aromatic rings. The zero-order valence-corrected chi connectivity index (χ0v) is 8.51. The molecule has 0 fully saturated rings. The normalized spacial score (nSPS) is 9.87. The first kappa shape index (κ1) is 9.69. The summed E-state index contributed by atoms with van der Waals surface area (Å²) in [6.07, 6.45) is 0. The minimum absolute atomic E-state index is 0.291. The lowest BCUT2D eigenvalue weighted by Gasteiger charge is -1.98. The first-order valence-electron chi connectivity index (χ1n) is 4.25. The van der Waals surface area contributed by atoms with Crippen LogP contribution in [0.1, 0.15) is 5.56 Å². The van der Waals surface area contributed by atoms with Crippen LogP contribution in [0.4, 0.5) is 9.39 Å². The zero-order valence-electron chi connectivity index (χ0n) is 7.70. The smallest absolute Gasteiger partial charge is 0.123 e. The molecule has 0 atom stereocenters. The van der Waals surface area contributed by atoms with Gasteiger partial charge in [-0.25, -0.2) is 4.39 Å². The van der Waals surface area contributed by atoms with Gasteiger partial charge in [0.2, 0.25) is 0 Å². The number of nitrogens with two attached hydrogens (primary N) is 1. The molecule has 0 radical (unpaired) electrons. The van der Waals surface area contributed by atoms with Gasteiger partial charge in [0, 0.05) is 10.9 Å². The highest BCUT2D eigenvalue weighted by Gasteiger charge is 2.10. The number of benzene rings is 1. The van der Waals surface area contributed by atoms with Gasteiger partial charge in [-0.1, -0.05) is 12.1 Å². The number of nitriles is 1. The van der Waals surface area contributed by atoms with Gasteiger partial charge < -0.3 is 5.73 Å². The zero-order chi connectivity index (χ0) is 10.8. The minimum atomic E-state index is -0.291. The molecule has 2 rings (SSSR count). The van der Waals surface area contributed by atoms with E-state index in [9.17, 15) is 4.39 Å². The largest absolute Gasteiger partial charge is 0.389 e. The fraction of sp³-hybridized carbons (Fsp3) is 0. The minimum Gasteiger partial charge on any atom is -0.389 e. The summed E-state index contributed by atoms with van der Waals surface area (Å²) in [4.78, 5) is 0. The molecule has 0 aliphatic carbocycles. The lowest BCUT2D eigenvalue weighted by Crippen LogP contribution is -1.85. The van der Waals surface area contributed by atoms with E-state index >= 15 is 0 Å². The summed E-state index contributed by atoms with van der Waals surface area (Å²) >= 11 is 1.32. The van der Waals surface area contributed by atoms with E-state index in [0.29, 0.717) is 10.6 Å². The maximum Gasteiger partial charge on any atom is 0.123 e. The Morgan fingerprint density at radius 1 is 1.27 bits per heavy atom. The summed E-state index contributed by atoms with van der Waals surface area (Å²) in [6, 6.07) is 8.05. The lowest BCUT2D eigenvalue weighted by molar-refractivity contribution is 0.628. The molecule has 2 nitrogen and oxygen atoms in total. The predicted molar refractivity (Wildman–Crippen MR) is 58.8 cm³/mol. The molecule has 15 heavy (non-hydrogen) atoms. The van der Waals surface area contributed by atoms with Gasteiger partial charge in [-0.05, 0) is 17.7 Å². The predicted octanol–water partition coefficient (Wildman–Crippen LogP) is 3.01. The SMILES string of the molecule is N#Cc1c(-c2ccc(F)cc2)csc1N. The Labute approximate surface area is 90.4 Å². The Balaban J connectivity index is 2.55. The van der Waals surface area contributed by atoms with Gasteiger partial charge in [-0.2, -0.15) is 5.26 Å². The van der Waals surface area contributed by atoms with E-state index in [-0.39, 0.29) is 5.82 Å². The summed E-state index contributed by atoms with van der Waals surface area (Å²) in [6.45, 7) is 0. The second-order valence-electron chi connectivity index (χ2n) is 3.01. The van der Waals surface area contributed by atoms with Crippen LogP contribution in [-0.2, 0) is 0 Å². The third-order valence-electron chi connectivity index (χ3n) is 2.09. The molecule has 1 aromatic heterocycles. The number of rotatable bonds is 1. The van der Waals surface area contributed by atoms with Gasteiger partial charge in [-0.3, -0.25) is 0 Å². The summed E-state index contributed by atoms with van der Waals surface area (Å²) in [5.41, 5.74) is 7.68. The molecule has 74 valence electrons. The third-order valence-corrected chi connectivity index (χ3v) is 2.90. The van der Waals surface area contributed by atoms with E-state index < -0.39 is 0 Å². The van der Waals surface area contributed by atoms with Crippen molar-refractivity contribution in [2.75, 3.05) is 5.73 Å². The average molecular weight is 218 g/mol. The van der Waals surface area contributed by atoms with Crippen molar-refractivity contribution in [2.24, 2.45) is 0 Å². The number of halogens is 1. The van der Waals surface area contributed by atoms with Crippen LogP contribution in [-0.4, -0.2) is 0 Å². The number of thiophene rings is 1. The van der Waals surface area contributed by atoms with Gasteiger partial charge >= 0.3 is 0 Å².